The normalized spacial score (nSPS) is 23.1. The summed E-state index contributed by atoms with van der Waals surface area (Å²) in [6.07, 6.45) is 5.39. The Kier molecular flexibility index (Phi) is 7.05. The van der Waals surface area contributed by atoms with Crippen molar-refractivity contribution < 1.29 is 0 Å². The van der Waals surface area contributed by atoms with Gasteiger partial charge in [0, 0.05) is 42.3 Å². The van der Waals surface area contributed by atoms with Crippen LogP contribution in [0.2, 0.25) is 0 Å². The first-order valence-electron chi connectivity index (χ1n) is 19.6. The SMILES string of the molecule is C[C@H]1C[C@@H]2C[C@H](C1)C1(c3ccccc3-c3ccc(N(c4ccc(-c5ccc6c(c5)sc5ccccc56)cc4)c4cccc5ccccc45)cc31)[C@H](C)C2. The average Bonchev–Trinajstić information content (AvgIpc) is 3.71. The summed E-state index contributed by atoms with van der Waals surface area (Å²) in [6.45, 7) is 5.08. The molecule has 0 N–H and O–H groups in total. The molecule has 258 valence electrons. The van der Waals surface area contributed by atoms with Crippen molar-refractivity contribution in [2.75, 3.05) is 4.90 Å². The third-order valence-electron chi connectivity index (χ3n) is 13.4. The van der Waals surface area contributed by atoms with Crippen molar-refractivity contribution in [3.05, 3.63) is 163 Å². The van der Waals surface area contributed by atoms with Crippen LogP contribution in [0.25, 0.3) is 53.2 Å². The molecule has 2 fully saturated rings. The molecule has 7 aromatic carbocycles. The molecule has 53 heavy (non-hydrogen) atoms. The maximum atomic E-state index is 2.61. The van der Waals surface area contributed by atoms with Gasteiger partial charge >= 0.3 is 0 Å². The van der Waals surface area contributed by atoms with Gasteiger partial charge in [-0.05, 0) is 131 Å². The molecule has 3 aliphatic rings. The first-order chi connectivity index (χ1) is 26.1. The number of benzene rings is 7. The Balaban J connectivity index is 1.08. The fourth-order valence-corrected chi connectivity index (χ4v) is 12.5. The van der Waals surface area contributed by atoms with Crippen molar-refractivity contribution in [1.29, 1.82) is 0 Å². The Morgan fingerprint density at radius 2 is 1.25 bits per heavy atom. The standard InChI is InChI=1S/C51H43NS/c1-32-26-34-28-33(2)51(38(27-32)29-34)46-15-7-5-13-42(46)43-25-23-40(31-47(43)51)52(48-16-9-11-36-10-3-4-12-41(36)48)39-21-18-35(19-22-39)37-20-24-45-44-14-6-8-17-49(44)53-50(45)30-37/h3-25,30-34,38H,26-29H2,1-2H3/t32-,33+,34-,38-,51?/m0/s1. The van der Waals surface area contributed by atoms with Crippen molar-refractivity contribution in [2.24, 2.45) is 23.7 Å². The fraction of sp³-hybridized carbons (Fsp3) is 0.216. The van der Waals surface area contributed by atoms with Crippen molar-refractivity contribution in [3.8, 4) is 22.3 Å². The molecule has 0 aliphatic heterocycles. The molecule has 1 aromatic heterocycles. The number of anilines is 3. The summed E-state index contributed by atoms with van der Waals surface area (Å²) in [5.41, 5.74) is 12.2. The maximum Gasteiger partial charge on any atom is 0.0540 e. The van der Waals surface area contributed by atoms with E-state index in [9.17, 15) is 0 Å². The molecule has 0 radical (unpaired) electrons. The van der Waals surface area contributed by atoms with Gasteiger partial charge < -0.3 is 4.90 Å². The van der Waals surface area contributed by atoms with Gasteiger partial charge in [0.05, 0.1) is 5.69 Å². The van der Waals surface area contributed by atoms with Crippen LogP contribution < -0.4 is 4.90 Å². The highest BCUT2D eigenvalue weighted by atomic mass is 32.1. The lowest BCUT2D eigenvalue weighted by Gasteiger charge is -2.54. The van der Waals surface area contributed by atoms with E-state index in [0.29, 0.717) is 11.8 Å². The van der Waals surface area contributed by atoms with E-state index in [1.165, 1.54) is 95.9 Å². The van der Waals surface area contributed by atoms with E-state index in [1.807, 2.05) is 11.3 Å². The molecule has 2 heteroatoms. The molecular weight excluding hydrogens is 659 g/mol. The summed E-state index contributed by atoms with van der Waals surface area (Å²) in [6, 6.07) is 57.5. The fourth-order valence-electron chi connectivity index (χ4n) is 11.4. The lowest BCUT2D eigenvalue weighted by Crippen LogP contribution is -2.49. The molecule has 8 aromatic rings. The Morgan fingerprint density at radius 1 is 0.528 bits per heavy atom. The summed E-state index contributed by atoms with van der Waals surface area (Å²) in [5, 5.41) is 5.22. The summed E-state index contributed by atoms with van der Waals surface area (Å²) < 4.78 is 2.69. The number of hydrogen-bond donors (Lipinski definition) is 0. The van der Waals surface area contributed by atoms with Gasteiger partial charge in [0.2, 0.25) is 0 Å². The third-order valence-corrected chi connectivity index (χ3v) is 14.5. The Morgan fingerprint density at radius 3 is 2.15 bits per heavy atom. The molecule has 2 saturated carbocycles. The lowest BCUT2D eigenvalue weighted by molar-refractivity contribution is 0.0426. The highest BCUT2D eigenvalue weighted by Crippen LogP contribution is 2.65. The van der Waals surface area contributed by atoms with Crippen molar-refractivity contribution in [2.45, 2.75) is 44.9 Å². The number of hydrogen-bond acceptors (Lipinski definition) is 2. The minimum absolute atomic E-state index is 0.0483. The van der Waals surface area contributed by atoms with Crippen LogP contribution in [0.1, 0.15) is 50.7 Å². The summed E-state index contributed by atoms with van der Waals surface area (Å²) >= 11 is 1.89. The molecule has 5 atom stereocenters. The maximum absolute atomic E-state index is 2.61. The first-order valence-corrected chi connectivity index (χ1v) is 20.4. The van der Waals surface area contributed by atoms with Crippen LogP contribution in [0.3, 0.4) is 0 Å². The molecule has 1 unspecified atom stereocenters. The van der Waals surface area contributed by atoms with E-state index in [2.05, 4.69) is 170 Å². The van der Waals surface area contributed by atoms with Gasteiger partial charge in [0.25, 0.3) is 0 Å². The van der Waals surface area contributed by atoms with E-state index in [1.54, 1.807) is 11.1 Å². The molecule has 0 amide bonds. The highest BCUT2D eigenvalue weighted by Gasteiger charge is 2.56. The Labute approximate surface area is 316 Å². The zero-order valence-corrected chi connectivity index (χ0v) is 31.2. The zero-order valence-electron chi connectivity index (χ0n) is 30.4. The van der Waals surface area contributed by atoms with Gasteiger partial charge in [-0.1, -0.05) is 123 Å². The summed E-state index contributed by atoms with van der Waals surface area (Å²) in [7, 11) is 0. The predicted molar refractivity (Wildman–Crippen MR) is 227 cm³/mol. The lowest BCUT2D eigenvalue weighted by atomic mass is 9.49. The second-order valence-corrected chi connectivity index (χ2v) is 17.4. The molecular formula is C51H43NS. The van der Waals surface area contributed by atoms with Crippen LogP contribution in [0.15, 0.2) is 152 Å². The number of rotatable bonds is 4. The minimum atomic E-state index is 0.0483. The smallest absolute Gasteiger partial charge is 0.0540 e. The Hall–Kier alpha value is -5.18. The third kappa shape index (κ3) is 4.68. The van der Waals surface area contributed by atoms with Crippen LogP contribution in [-0.4, -0.2) is 0 Å². The highest BCUT2D eigenvalue weighted by molar-refractivity contribution is 7.25. The summed E-state index contributed by atoms with van der Waals surface area (Å²) in [5.74, 6) is 2.91. The van der Waals surface area contributed by atoms with Gasteiger partial charge in [0.15, 0.2) is 0 Å². The van der Waals surface area contributed by atoms with Gasteiger partial charge in [0.1, 0.15) is 0 Å². The van der Waals surface area contributed by atoms with Crippen LogP contribution in [0.5, 0.6) is 0 Å². The molecule has 3 aliphatic carbocycles. The van der Waals surface area contributed by atoms with Crippen molar-refractivity contribution >= 4 is 59.3 Å². The zero-order chi connectivity index (χ0) is 35.3. The monoisotopic (exact) mass is 701 g/mol. The van der Waals surface area contributed by atoms with E-state index >= 15 is 0 Å². The molecule has 1 spiro atoms. The van der Waals surface area contributed by atoms with E-state index < -0.39 is 0 Å². The van der Waals surface area contributed by atoms with Crippen LogP contribution in [0, 0.1) is 23.7 Å². The van der Waals surface area contributed by atoms with Crippen molar-refractivity contribution in [1.82, 2.24) is 0 Å². The van der Waals surface area contributed by atoms with Crippen LogP contribution in [-0.2, 0) is 5.41 Å². The summed E-state index contributed by atoms with van der Waals surface area (Å²) in [4.78, 5) is 2.53. The Bertz CT molecular complexity index is 2690. The molecule has 2 bridgehead atoms. The van der Waals surface area contributed by atoms with Crippen LogP contribution in [0.4, 0.5) is 17.1 Å². The predicted octanol–water partition coefficient (Wildman–Crippen LogP) is 14.7. The minimum Gasteiger partial charge on any atom is -0.310 e. The van der Waals surface area contributed by atoms with Gasteiger partial charge in [-0.2, -0.15) is 0 Å². The number of fused-ring (bicyclic) bond motifs is 12. The largest absolute Gasteiger partial charge is 0.310 e. The van der Waals surface area contributed by atoms with Gasteiger partial charge in [-0.25, -0.2) is 0 Å². The topological polar surface area (TPSA) is 3.24 Å². The second-order valence-electron chi connectivity index (χ2n) is 16.3. The number of nitrogens with zero attached hydrogens (tertiary/aromatic N) is 1. The van der Waals surface area contributed by atoms with E-state index in [-0.39, 0.29) is 5.41 Å². The first kappa shape index (κ1) is 31.4. The average molecular weight is 702 g/mol. The van der Waals surface area contributed by atoms with E-state index in [4.69, 9.17) is 0 Å². The number of thiophene rings is 1. The van der Waals surface area contributed by atoms with E-state index in [0.717, 1.165) is 11.8 Å². The molecule has 0 saturated heterocycles. The van der Waals surface area contributed by atoms with Crippen molar-refractivity contribution in [3.63, 3.8) is 0 Å². The van der Waals surface area contributed by atoms with Gasteiger partial charge in [-0.15, -0.1) is 11.3 Å². The molecule has 1 nitrogen and oxygen atoms in total. The van der Waals surface area contributed by atoms with Crippen LogP contribution >= 0.6 is 11.3 Å². The second kappa shape index (κ2) is 11.9. The molecule has 1 heterocycles. The van der Waals surface area contributed by atoms with Gasteiger partial charge in [-0.3, -0.25) is 0 Å². The molecule has 11 rings (SSSR count). The quantitative estimate of drug-likeness (QED) is 0.177.